The molecule has 0 heterocycles. The zero-order valence-electron chi connectivity index (χ0n) is 12.9. The van der Waals surface area contributed by atoms with Gasteiger partial charge in [-0.05, 0) is 25.0 Å². The number of hydrogen-bond donors (Lipinski definition) is 2. The smallest absolute Gasteiger partial charge is 0.339 e. The lowest BCUT2D eigenvalue weighted by molar-refractivity contribution is -0.120. The van der Waals surface area contributed by atoms with Crippen molar-refractivity contribution in [1.82, 2.24) is 0 Å². The molecule has 1 fully saturated rings. The van der Waals surface area contributed by atoms with Crippen LogP contribution in [0.25, 0.3) is 0 Å². The fourth-order valence-electron chi connectivity index (χ4n) is 2.91. The van der Waals surface area contributed by atoms with Crippen LogP contribution in [0.15, 0.2) is 18.2 Å². The number of benzene rings is 1. The van der Waals surface area contributed by atoms with Crippen LogP contribution >= 0.6 is 0 Å². The maximum Gasteiger partial charge on any atom is 0.339 e. The van der Waals surface area contributed by atoms with E-state index >= 15 is 0 Å². The molecule has 5 heteroatoms. The minimum atomic E-state index is -1.05. The molecule has 1 aliphatic carbocycles. The molecule has 2 N–H and O–H groups in total. The van der Waals surface area contributed by atoms with E-state index in [0.717, 1.165) is 25.7 Å². The Bertz CT molecular complexity index is 533. The van der Waals surface area contributed by atoms with E-state index in [1.54, 1.807) is 12.1 Å². The lowest BCUT2D eigenvalue weighted by Crippen LogP contribution is -2.23. The molecular weight excluding hydrogens is 282 g/mol. The topological polar surface area (TPSA) is 75.6 Å². The largest absolute Gasteiger partial charge is 0.496 e. The highest BCUT2D eigenvalue weighted by Gasteiger charge is 2.20. The zero-order chi connectivity index (χ0) is 15.9. The first-order chi connectivity index (χ1) is 10.6. The normalized spacial score (nSPS) is 16.4. The molecule has 0 unspecified atom stereocenters. The second kappa shape index (κ2) is 7.82. The van der Waals surface area contributed by atoms with Crippen molar-refractivity contribution in [3.05, 3.63) is 23.8 Å². The van der Waals surface area contributed by atoms with Crippen LogP contribution in [-0.2, 0) is 4.79 Å². The van der Waals surface area contributed by atoms with Gasteiger partial charge in [0.15, 0.2) is 0 Å². The quantitative estimate of drug-likeness (QED) is 0.889. The molecule has 5 nitrogen and oxygen atoms in total. The molecule has 0 saturated heterocycles. The van der Waals surface area contributed by atoms with Crippen LogP contribution in [0, 0.1) is 5.92 Å². The third-order valence-corrected chi connectivity index (χ3v) is 4.18. The molecular formula is C17H23NO4. The molecule has 1 aliphatic rings. The summed E-state index contributed by atoms with van der Waals surface area (Å²) in [6, 6.07) is 4.62. The number of ether oxygens (including phenoxy) is 1. The number of carboxylic acid groups (broad SMARTS) is 1. The van der Waals surface area contributed by atoms with Gasteiger partial charge in [0.05, 0.1) is 7.11 Å². The van der Waals surface area contributed by atoms with E-state index in [0.29, 0.717) is 5.69 Å². The number of methoxy groups -OCH3 is 1. The molecule has 0 spiro atoms. The molecule has 1 saturated carbocycles. The highest BCUT2D eigenvalue weighted by Crippen LogP contribution is 2.26. The van der Waals surface area contributed by atoms with Crippen molar-refractivity contribution in [3.63, 3.8) is 0 Å². The number of nitrogens with one attached hydrogen (secondary N) is 1. The molecule has 1 aromatic carbocycles. The lowest BCUT2D eigenvalue weighted by Gasteiger charge is -2.19. The second-order valence-corrected chi connectivity index (χ2v) is 5.75. The van der Waals surface area contributed by atoms with E-state index in [2.05, 4.69) is 5.32 Å². The summed E-state index contributed by atoms with van der Waals surface area (Å²) in [4.78, 5) is 23.4. The third kappa shape index (κ3) is 4.23. The summed E-state index contributed by atoms with van der Waals surface area (Å²) < 4.78 is 5.08. The van der Waals surface area contributed by atoms with Gasteiger partial charge in [-0.15, -0.1) is 0 Å². The number of hydrogen-bond acceptors (Lipinski definition) is 3. The van der Waals surface area contributed by atoms with Crippen LogP contribution < -0.4 is 10.1 Å². The van der Waals surface area contributed by atoms with Crippen LogP contribution in [0.1, 0.15) is 55.3 Å². The molecule has 1 amide bonds. The van der Waals surface area contributed by atoms with Crippen molar-refractivity contribution >= 4 is 17.6 Å². The van der Waals surface area contributed by atoms with Gasteiger partial charge < -0.3 is 15.2 Å². The Morgan fingerprint density at radius 1 is 1.14 bits per heavy atom. The summed E-state index contributed by atoms with van der Waals surface area (Å²) in [6.07, 6.45) is 7.71. The van der Waals surface area contributed by atoms with Crippen molar-refractivity contribution in [1.29, 1.82) is 0 Å². The number of carbonyl (C=O) groups excluding carboxylic acids is 1. The molecule has 1 aromatic rings. The summed E-state index contributed by atoms with van der Waals surface area (Å²) in [6.45, 7) is 0. The first-order valence-electron chi connectivity index (χ1n) is 7.84. The van der Waals surface area contributed by atoms with E-state index in [4.69, 9.17) is 9.84 Å². The molecule has 0 aromatic heterocycles. The number of carboxylic acids is 1. The molecule has 0 atom stereocenters. The number of carbonyl (C=O) groups is 2. The predicted molar refractivity (Wildman–Crippen MR) is 84.4 cm³/mol. The Hall–Kier alpha value is -2.04. The SMILES string of the molecule is COc1cc(NC(=O)C2CCCCCCC2)ccc1C(=O)O. The summed E-state index contributed by atoms with van der Waals surface area (Å²) in [5.41, 5.74) is 0.667. The summed E-state index contributed by atoms with van der Waals surface area (Å²) in [7, 11) is 1.42. The molecule has 22 heavy (non-hydrogen) atoms. The fourth-order valence-corrected chi connectivity index (χ4v) is 2.91. The highest BCUT2D eigenvalue weighted by molar-refractivity contribution is 5.95. The van der Waals surface area contributed by atoms with Crippen LogP contribution in [0.5, 0.6) is 5.75 Å². The maximum absolute atomic E-state index is 12.4. The van der Waals surface area contributed by atoms with Gasteiger partial charge in [-0.2, -0.15) is 0 Å². The Morgan fingerprint density at radius 3 is 2.36 bits per heavy atom. The molecule has 0 bridgehead atoms. The van der Waals surface area contributed by atoms with E-state index < -0.39 is 5.97 Å². The van der Waals surface area contributed by atoms with E-state index in [9.17, 15) is 9.59 Å². The third-order valence-electron chi connectivity index (χ3n) is 4.18. The molecule has 2 rings (SSSR count). The summed E-state index contributed by atoms with van der Waals surface area (Å²) in [5.74, 6) is -0.727. The van der Waals surface area contributed by atoms with Crippen LogP contribution in [0.4, 0.5) is 5.69 Å². The van der Waals surface area contributed by atoms with Crippen molar-refractivity contribution < 1.29 is 19.4 Å². The van der Waals surface area contributed by atoms with Crippen molar-refractivity contribution in [2.24, 2.45) is 5.92 Å². The number of amides is 1. The second-order valence-electron chi connectivity index (χ2n) is 5.75. The molecule has 120 valence electrons. The Morgan fingerprint density at radius 2 is 1.77 bits per heavy atom. The van der Waals surface area contributed by atoms with Gasteiger partial charge in [0.25, 0.3) is 0 Å². The number of rotatable bonds is 4. The average molecular weight is 305 g/mol. The zero-order valence-corrected chi connectivity index (χ0v) is 12.9. The fraction of sp³-hybridized carbons (Fsp3) is 0.529. The standard InChI is InChI=1S/C17H23NO4/c1-22-15-11-13(9-10-14(15)17(20)21)18-16(19)12-7-5-3-2-4-6-8-12/h9-12H,2-8H2,1H3,(H,18,19)(H,20,21). The van der Waals surface area contributed by atoms with Crippen LogP contribution in [0.2, 0.25) is 0 Å². The van der Waals surface area contributed by atoms with Gasteiger partial charge >= 0.3 is 5.97 Å². The minimum absolute atomic E-state index is 0.0204. The molecule has 0 aliphatic heterocycles. The minimum Gasteiger partial charge on any atom is -0.496 e. The Labute approximate surface area is 130 Å². The van der Waals surface area contributed by atoms with Crippen molar-refractivity contribution in [2.45, 2.75) is 44.9 Å². The molecule has 0 radical (unpaired) electrons. The van der Waals surface area contributed by atoms with E-state index in [1.807, 2.05) is 0 Å². The summed E-state index contributed by atoms with van der Waals surface area (Å²) >= 11 is 0. The van der Waals surface area contributed by atoms with Gasteiger partial charge in [-0.25, -0.2) is 4.79 Å². The Kier molecular flexibility index (Phi) is 5.81. The van der Waals surface area contributed by atoms with Crippen LogP contribution in [0.3, 0.4) is 0 Å². The monoisotopic (exact) mass is 305 g/mol. The van der Waals surface area contributed by atoms with Crippen molar-refractivity contribution in [2.75, 3.05) is 12.4 Å². The predicted octanol–water partition coefficient (Wildman–Crippen LogP) is 3.69. The average Bonchev–Trinajstić information content (AvgIpc) is 2.46. The summed E-state index contributed by atoms with van der Waals surface area (Å²) in [5, 5.41) is 12.0. The highest BCUT2D eigenvalue weighted by atomic mass is 16.5. The van der Waals surface area contributed by atoms with E-state index in [1.165, 1.54) is 32.4 Å². The van der Waals surface area contributed by atoms with Crippen LogP contribution in [-0.4, -0.2) is 24.1 Å². The van der Waals surface area contributed by atoms with Gasteiger partial charge in [-0.1, -0.05) is 32.1 Å². The first-order valence-corrected chi connectivity index (χ1v) is 7.84. The van der Waals surface area contributed by atoms with Crippen molar-refractivity contribution in [3.8, 4) is 5.75 Å². The van der Waals surface area contributed by atoms with Gasteiger partial charge in [0.1, 0.15) is 11.3 Å². The lowest BCUT2D eigenvalue weighted by atomic mass is 9.90. The first kappa shape index (κ1) is 16.3. The number of aromatic carboxylic acids is 1. The number of anilines is 1. The Balaban J connectivity index is 2.05. The van der Waals surface area contributed by atoms with Gasteiger partial charge in [0.2, 0.25) is 5.91 Å². The van der Waals surface area contributed by atoms with Gasteiger partial charge in [-0.3, -0.25) is 4.79 Å². The maximum atomic E-state index is 12.4. The van der Waals surface area contributed by atoms with Gasteiger partial charge in [0, 0.05) is 17.7 Å². The van der Waals surface area contributed by atoms with E-state index in [-0.39, 0.29) is 23.1 Å².